The largest absolute Gasteiger partial charge is 0.330 e. The van der Waals surface area contributed by atoms with Crippen LogP contribution in [0.5, 0.6) is 0 Å². The first-order valence-corrected chi connectivity index (χ1v) is 7.60. The molecule has 1 heterocycles. The molecule has 2 nitrogen and oxygen atoms in total. The summed E-state index contributed by atoms with van der Waals surface area (Å²) in [5.41, 5.74) is 9.46. The average Bonchev–Trinajstić information content (AvgIpc) is 2.82. The minimum absolute atomic E-state index is 0.0762. The lowest BCUT2D eigenvalue weighted by atomic mass is 9.86. The van der Waals surface area contributed by atoms with E-state index in [0.29, 0.717) is 6.54 Å². The lowest BCUT2D eigenvalue weighted by molar-refractivity contribution is 0.517. The standard InChI is InChI=1S/C16H22N2S/c1-12-4-6-13(7-5-12)10-16(2,3)15-18-14(8-9-17)11-19-15/h4-7,11H,8-10,17H2,1-3H3. The van der Waals surface area contributed by atoms with Gasteiger partial charge in [-0.15, -0.1) is 11.3 Å². The highest BCUT2D eigenvalue weighted by atomic mass is 32.1. The van der Waals surface area contributed by atoms with Gasteiger partial charge in [0.25, 0.3) is 0 Å². The van der Waals surface area contributed by atoms with Crippen molar-refractivity contribution in [3.8, 4) is 0 Å². The molecule has 0 bridgehead atoms. The zero-order valence-electron chi connectivity index (χ0n) is 11.9. The maximum Gasteiger partial charge on any atom is 0.0987 e. The van der Waals surface area contributed by atoms with Gasteiger partial charge < -0.3 is 5.73 Å². The maximum absolute atomic E-state index is 5.58. The second-order valence-electron chi connectivity index (χ2n) is 5.73. The number of thiazole rings is 1. The first-order chi connectivity index (χ1) is 9.01. The summed E-state index contributed by atoms with van der Waals surface area (Å²) < 4.78 is 0. The Morgan fingerprint density at radius 1 is 1.21 bits per heavy atom. The van der Waals surface area contributed by atoms with Crippen molar-refractivity contribution in [1.29, 1.82) is 0 Å². The molecule has 3 heteroatoms. The van der Waals surface area contributed by atoms with Gasteiger partial charge in [-0.2, -0.15) is 0 Å². The highest BCUT2D eigenvalue weighted by Gasteiger charge is 2.24. The Morgan fingerprint density at radius 2 is 1.89 bits per heavy atom. The van der Waals surface area contributed by atoms with Gasteiger partial charge in [0.2, 0.25) is 0 Å². The quantitative estimate of drug-likeness (QED) is 0.906. The Labute approximate surface area is 119 Å². The lowest BCUT2D eigenvalue weighted by Gasteiger charge is -2.22. The molecule has 0 atom stereocenters. The Kier molecular flexibility index (Phi) is 4.38. The molecule has 102 valence electrons. The van der Waals surface area contributed by atoms with Crippen LogP contribution in [0, 0.1) is 6.92 Å². The van der Waals surface area contributed by atoms with E-state index in [1.165, 1.54) is 16.1 Å². The van der Waals surface area contributed by atoms with E-state index in [2.05, 4.69) is 50.4 Å². The topological polar surface area (TPSA) is 38.9 Å². The third kappa shape index (κ3) is 3.64. The van der Waals surface area contributed by atoms with Crippen molar-refractivity contribution >= 4 is 11.3 Å². The summed E-state index contributed by atoms with van der Waals surface area (Å²) in [6.07, 6.45) is 1.89. The third-order valence-corrected chi connectivity index (χ3v) is 4.55. The minimum atomic E-state index is 0.0762. The van der Waals surface area contributed by atoms with Crippen LogP contribution in [0.25, 0.3) is 0 Å². The Morgan fingerprint density at radius 3 is 2.53 bits per heavy atom. The van der Waals surface area contributed by atoms with Crippen molar-refractivity contribution < 1.29 is 0 Å². The van der Waals surface area contributed by atoms with Gasteiger partial charge in [-0.1, -0.05) is 43.7 Å². The first-order valence-electron chi connectivity index (χ1n) is 6.72. The fraction of sp³-hybridized carbons (Fsp3) is 0.438. The minimum Gasteiger partial charge on any atom is -0.330 e. The van der Waals surface area contributed by atoms with Crippen LogP contribution in [0.4, 0.5) is 0 Å². The number of nitrogens with zero attached hydrogens (tertiary/aromatic N) is 1. The van der Waals surface area contributed by atoms with E-state index in [1.807, 2.05) is 0 Å². The number of aromatic nitrogens is 1. The normalized spacial score (nSPS) is 11.8. The SMILES string of the molecule is Cc1ccc(CC(C)(C)c2nc(CCN)cs2)cc1. The molecule has 0 aliphatic carbocycles. The van der Waals surface area contributed by atoms with Crippen molar-refractivity contribution in [2.75, 3.05) is 6.54 Å². The van der Waals surface area contributed by atoms with Gasteiger partial charge in [0, 0.05) is 17.2 Å². The van der Waals surface area contributed by atoms with E-state index in [1.54, 1.807) is 11.3 Å². The van der Waals surface area contributed by atoms with Gasteiger partial charge in [-0.05, 0) is 25.5 Å². The second kappa shape index (κ2) is 5.85. The lowest BCUT2D eigenvalue weighted by Crippen LogP contribution is -2.20. The molecule has 1 aromatic heterocycles. The number of hydrogen-bond donors (Lipinski definition) is 1. The summed E-state index contributed by atoms with van der Waals surface area (Å²) in [7, 11) is 0. The van der Waals surface area contributed by atoms with Gasteiger partial charge in [-0.3, -0.25) is 0 Å². The average molecular weight is 274 g/mol. The summed E-state index contributed by atoms with van der Waals surface area (Å²) >= 11 is 1.75. The molecule has 19 heavy (non-hydrogen) atoms. The van der Waals surface area contributed by atoms with E-state index >= 15 is 0 Å². The molecular weight excluding hydrogens is 252 g/mol. The van der Waals surface area contributed by atoms with E-state index in [9.17, 15) is 0 Å². The van der Waals surface area contributed by atoms with Gasteiger partial charge in [0.1, 0.15) is 0 Å². The van der Waals surface area contributed by atoms with Crippen molar-refractivity contribution in [1.82, 2.24) is 4.98 Å². The molecule has 1 aromatic carbocycles. The predicted octanol–water partition coefficient (Wildman–Crippen LogP) is 3.47. The van der Waals surface area contributed by atoms with E-state index in [-0.39, 0.29) is 5.41 Å². The molecular formula is C16H22N2S. The second-order valence-corrected chi connectivity index (χ2v) is 6.59. The molecule has 0 aliphatic rings. The van der Waals surface area contributed by atoms with Crippen molar-refractivity contribution in [2.24, 2.45) is 5.73 Å². The highest BCUT2D eigenvalue weighted by Crippen LogP contribution is 2.30. The van der Waals surface area contributed by atoms with Crippen LogP contribution in [0.2, 0.25) is 0 Å². The van der Waals surface area contributed by atoms with E-state index in [4.69, 9.17) is 10.7 Å². The number of nitrogens with two attached hydrogens (primary N) is 1. The molecule has 0 unspecified atom stereocenters. The van der Waals surface area contributed by atoms with Crippen molar-refractivity contribution in [3.05, 3.63) is 51.5 Å². The fourth-order valence-electron chi connectivity index (χ4n) is 2.17. The van der Waals surface area contributed by atoms with Crippen LogP contribution in [0.15, 0.2) is 29.6 Å². The molecule has 2 aromatic rings. The maximum atomic E-state index is 5.58. The van der Waals surface area contributed by atoms with E-state index < -0.39 is 0 Å². The Balaban J connectivity index is 2.14. The number of rotatable bonds is 5. The molecule has 0 amide bonds. The first kappa shape index (κ1) is 14.2. The Hall–Kier alpha value is -1.19. The zero-order valence-corrected chi connectivity index (χ0v) is 12.8. The molecule has 0 saturated heterocycles. The van der Waals surface area contributed by atoms with Crippen LogP contribution < -0.4 is 5.73 Å². The van der Waals surface area contributed by atoms with Crippen LogP contribution >= 0.6 is 11.3 Å². The number of hydrogen-bond acceptors (Lipinski definition) is 3. The highest BCUT2D eigenvalue weighted by molar-refractivity contribution is 7.09. The summed E-state index contributed by atoms with van der Waals surface area (Å²) in [5, 5.41) is 3.34. The molecule has 0 fully saturated rings. The smallest absolute Gasteiger partial charge is 0.0987 e. The van der Waals surface area contributed by atoms with Gasteiger partial charge >= 0.3 is 0 Å². The number of benzene rings is 1. The van der Waals surface area contributed by atoms with Crippen molar-refractivity contribution in [2.45, 2.75) is 39.0 Å². The number of aryl methyl sites for hydroxylation is 1. The third-order valence-electron chi connectivity index (χ3n) is 3.30. The summed E-state index contributed by atoms with van der Waals surface area (Å²) in [6.45, 7) is 7.31. The molecule has 0 aliphatic heterocycles. The van der Waals surface area contributed by atoms with Crippen LogP contribution in [0.3, 0.4) is 0 Å². The molecule has 0 radical (unpaired) electrons. The summed E-state index contributed by atoms with van der Waals surface area (Å²) in [5.74, 6) is 0. The monoisotopic (exact) mass is 274 g/mol. The fourth-order valence-corrected chi connectivity index (χ4v) is 3.15. The predicted molar refractivity (Wildman–Crippen MR) is 82.8 cm³/mol. The van der Waals surface area contributed by atoms with Gasteiger partial charge in [0.05, 0.1) is 10.7 Å². The summed E-state index contributed by atoms with van der Waals surface area (Å²) in [4.78, 5) is 4.72. The van der Waals surface area contributed by atoms with Gasteiger partial charge in [-0.25, -0.2) is 4.98 Å². The summed E-state index contributed by atoms with van der Waals surface area (Å²) in [6, 6.07) is 8.77. The Bertz CT molecular complexity index is 526. The van der Waals surface area contributed by atoms with Crippen molar-refractivity contribution in [3.63, 3.8) is 0 Å². The molecule has 2 rings (SSSR count). The van der Waals surface area contributed by atoms with Crippen LogP contribution in [-0.2, 0) is 18.3 Å². The van der Waals surface area contributed by atoms with Crippen LogP contribution in [0.1, 0.15) is 35.7 Å². The molecule has 0 saturated carbocycles. The van der Waals surface area contributed by atoms with Gasteiger partial charge in [0.15, 0.2) is 0 Å². The van der Waals surface area contributed by atoms with E-state index in [0.717, 1.165) is 18.5 Å². The zero-order chi connectivity index (χ0) is 13.9. The van der Waals surface area contributed by atoms with Crippen LogP contribution in [-0.4, -0.2) is 11.5 Å². The molecule has 0 spiro atoms. The molecule has 2 N–H and O–H groups in total.